The Morgan fingerprint density at radius 1 is 1.05 bits per heavy atom. The van der Waals surface area contributed by atoms with Crippen molar-refractivity contribution in [3.05, 3.63) is 48.7 Å². The number of methoxy groups -OCH3 is 1. The molecule has 4 heteroatoms. The van der Waals surface area contributed by atoms with Crippen molar-refractivity contribution in [1.29, 1.82) is 0 Å². The van der Waals surface area contributed by atoms with Crippen LogP contribution in [0.4, 0.5) is 5.82 Å². The van der Waals surface area contributed by atoms with Gasteiger partial charge in [-0.25, -0.2) is 9.97 Å². The molecule has 106 valence electrons. The fraction of sp³-hybridized carbons (Fsp3) is 0.176. The zero-order valence-corrected chi connectivity index (χ0v) is 12.1. The molecule has 0 amide bonds. The lowest BCUT2D eigenvalue weighted by Crippen LogP contribution is -2.00. The van der Waals surface area contributed by atoms with Crippen LogP contribution in [-0.2, 0) is 0 Å². The molecule has 1 aromatic heterocycles. The van der Waals surface area contributed by atoms with E-state index in [1.807, 2.05) is 37.3 Å². The third-order valence-electron chi connectivity index (χ3n) is 3.32. The first-order chi connectivity index (χ1) is 10.3. The second-order valence-electron chi connectivity index (χ2n) is 4.72. The molecule has 1 N–H and O–H groups in total. The summed E-state index contributed by atoms with van der Waals surface area (Å²) in [4.78, 5) is 8.88. The maximum atomic E-state index is 5.25. The third kappa shape index (κ3) is 2.79. The van der Waals surface area contributed by atoms with E-state index in [2.05, 4.69) is 27.4 Å². The fourth-order valence-electron chi connectivity index (χ4n) is 2.27. The number of benzene rings is 2. The van der Waals surface area contributed by atoms with Gasteiger partial charge in [-0.3, -0.25) is 0 Å². The number of ether oxygens (including phenoxy) is 1. The summed E-state index contributed by atoms with van der Waals surface area (Å²) in [5, 5.41) is 5.49. The van der Waals surface area contributed by atoms with Gasteiger partial charge >= 0.3 is 0 Å². The molecule has 0 atom stereocenters. The summed E-state index contributed by atoms with van der Waals surface area (Å²) in [7, 11) is 1.68. The Hall–Kier alpha value is -2.62. The standard InChI is InChI=1S/C17H17N3O/c1-3-18-16-8-9-19-17(20-16)14-5-4-13-11-15(21-2)7-6-12(13)10-14/h4-11H,3H2,1-2H3,(H,18,19,20). The van der Waals surface area contributed by atoms with Crippen LogP contribution < -0.4 is 10.1 Å². The summed E-state index contributed by atoms with van der Waals surface area (Å²) in [6, 6.07) is 14.1. The van der Waals surface area contributed by atoms with Crippen LogP contribution in [0.25, 0.3) is 22.2 Å². The van der Waals surface area contributed by atoms with E-state index in [4.69, 9.17) is 4.74 Å². The van der Waals surface area contributed by atoms with E-state index < -0.39 is 0 Å². The largest absolute Gasteiger partial charge is 0.497 e. The first-order valence-corrected chi connectivity index (χ1v) is 6.95. The molecule has 1 heterocycles. The summed E-state index contributed by atoms with van der Waals surface area (Å²) in [6.07, 6.45) is 1.78. The molecule has 0 fully saturated rings. The molecule has 3 rings (SSSR count). The molecule has 0 spiro atoms. The van der Waals surface area contributed by atoms with E-state index in [0.29, 0.717) is 0 Å². The van der Waals surface area contributed by atoms with Gasteiger partial charge in [0, 0.05) is 18.3 Å². The zero-order valence-electron chi connectivity index (χ0n) is 12.1. The van der Waals surface area contributed by atoms with E-state index in [0.717, 1.165) is 40.3 Å². The molecular formula is C17H17N3O. The lowest BCUT2D eigenvalue weighted by atomic mass is 10.1. The van der Waals surface area contributed by atoms with Crippen molar-refractivity contribution in [2.24, 2.45) is 0 Å². The lowest BCUT2D eigenvalue weighted by molar-refractivity contribution is 0.415. The van der Waals surface area contributed by atoms with Crippen molar-refractivity contribution in [3.63, 3.8) is 0 Å². The maximum absolute atomic E-state index is 5.25. The molecule has 4 nitrogen and oxygen atoms in total. The Morgan fingerprint density at radius 2 is 1.86 bits per heavy atom. The summed E-state index contributed by atoms with van der Waals surface area (Å²) >= 11 is 0. The quantitative estimate of drug-likeness (QED) is 0.790. The van der Waals surface area contributed by atoms with Gasteiger partial charge < -0.3 is 10.1 Å². The van der Waals surface area contributed by atoms with Gasteiger partial charge in [-0.1, -0.05) is 18.2 Å². The molecule has 21 heavy (non-hydrogen) atoms. The highest BCUT2D eigenvalue weighted by molar-refractivity contribution is 5.87. The van der Waals surface area contributed by atoms with Crippen LogP contribution in [0.1, 0.15) is 6.92 Å². The molecule has 3 aromatic rings. The number of nitrogens with one attached hydrogen (secondary N) is 1. The van der Waals surface area contributed by atoms with Gasteiger partial charge in [0.05, 0.1) is 7.11 Å². The maximum Gasteiger partial charge on any atom is 0.161 e. The SMILES string of the molecule is CCNc1ccnc(-c2ccc3cc(OC)ccc3c2)n1. The van der Waals surface area contributed by atoms with Crippen LogP contribution in [0.2, 0.25) is 0 Å². The summed E-state index contributed by atoms with van der Waals surface area (Å²) < 4.78 is 5.25. The average molecular weight is 279 g/mol. The summed E-state index contributed by atoms with van der Waals surface area (Å²) in [5.41, 5.74) is 1.01. The Balaban J connectivity index is 2.02. The number of nitrogens with zero attached hydrogens (tertiary/aromatic N) is 2. The highest BCUT2D eigenvalue weighted by Crippen LogP contribution is 2.25. The number of fused-ring (bicyclic) bond motifs is 1. The highest BCUT2D eigenvalue weighted by atomic mass is 16.5. The van der Waals surface area contributed by atoms with E-state index in [1.54, 1.807) is 13.3 Å². The number of hydrogen-bond donors (Lipinski definition) is 1. The van der Waals surface area contributed by atoms with E-state index in [-0.39, 0.29) is 0 Å². The van der Waals surface area contributed by atoms with Crippen molar-refractivity contribution in [2.45, 2.75) is 6.92 Å². The van der Waals surface area contributed by atoms with Gasteiger partial charge in [0.2, 0.25) is 0 Å². The Kier molecular flexibility index (Phi) is 3.69. The van der Waals surface area contributed by atoms with Gasteiger partial charge in [-0.2, -0.15) is 0 Å². The van der Waals surface area contributed by atoms with Gasteiger partial charge in [0.25, 0.3) is 0 Å². The number of aromatic nitrogens is 2. The molecule has 0 saturated carbocycles. The van der Waals surface area contributed by atoms with Crippen LogP contribution >= 0.6 is 0 Å². The Labute approximate surface area is 123 Å². The minimum absolute atomic E-state index is 0.728. The van der Waals surface area contributed by atoms with Crippen molar-refractivity contribution >= 4 is 16.6 Å². The highest BCUT2D eigenvalue weighted by Gasteiger charge is 2.04. The number of anilines is 1. The molecule has 0 unspecified atom stereocenters. The molecule has 0 saturated heterocycles. The number of hydrogen-bond acceptors (Lipinski definition) is 4. The zero-order chi connectivity index (χ0) is 14.7. The van der Waals surface area contributed by atoms with Crippen molar-refractivity contribution in [3.8, 4) is 17.1 Å². The van der Waals surface area contributed by atoms with Crippen molar-refractivity contribution in [2.75, 3.05) is 19.0 Å². The lowest BCUT2D eigenvalue weighted by Gasteiger charge is -2.07. The van der Waals surface area contributed by atoms with Crippen LogP contribution in [-0.4, -0.2) is 23.6 Å². The molecular weight excluding hydrogens is 262 g/mol. The predicted octanol–water partition coefficient (Wildman–Crippen LogP) is 3.74. The third-order valence-corrected chi connectivity index (χ3v) is 3.32. The summed E-state index contributed by atoms with van der Waals surface area (Å²) in [5.74, 6) is 2.43. The second-order valence-corrected chi connectivity index (χ2v) is 4.72. The first kappa shape index (κ1) is 13.4. The van der Waals surface area contributed by atoms with Gasteiger partial charge in [0.1, 0.15) is 11.6 Å². The van der Waals surface area contributed by atoms with Crippen LogP contribution in [0.15, 0.2) is 48.7 Å². The minimum Gasteiger partial charge on any atom is -0.497 e. The Bertz CT molecular complexity index is 771. The molecule has 0 aliphatic carbocycles. The Morgan fingerprint density at radius 3 is 2.67 bits per heavy atom. The monoisotopic (exact) mass is 279 g/mol. The van der Waals surface area contributed by atoms with Crippen LogP contribution in [0.5, 0.6) is 5.75 Å². The molecule has 0 bridgehead atoms. The van der Waals surface area contributed by atoms with E-state index in [1.165, 1.54) is 0 Å². The summed E-state index contributed by atoms with van der Waals surface area (Å²) in [6.45, 7) is 2.89. The van der Waals surface area contributed by atoms with E-state index >= 15 is 0 Å². The fourth-order valence-corrected chi connectivity index (χ4v) is 2.27. The first-order valence-electron chi connectivity index (χ1n) is 6.95. The van der Waals surface area contributed by atoms with E-state index in [9.17, 15) is 0 Å². The van der Waals surface area contributed by atoms with Crippen LogP contribution in [0.3, 0.4) is 0 Å². The smallest absolute Gasteiger partial charge is 0.161 e. The normalized spacial score (nSPS) is 10.6. The van der Waals surface area contributed by atoms with Crippen molar-refractivity contribution < 1.29 is 4.74 Å². The van der Waals surface area contributed by atoms with Gasteiger partial charge in [-0.05, 0) is 42.0 Å². The minimum atomic E-state index is 0.728. The number of rotatable bonds is 4. The van der Waals surface area contributed by atoms with Gasteiger partial charge in [0.15, 0.2) is 5.82 Å². The molecule has 0 radical (unpaired) electrons. The topological polar surface area (TPSA) is 47.0 Å². The second kappa shape index (κ2) is 5.79. The molecule has 0 aliphatic rings. The molecule has 0 aliphatic heterocycles. The van der Waals surface area contributed by atoms with Gasteiger partial charge in [-0.15, -0.1) is 0 Å². The predicted molar refractivity (Wildman–Crippen MR) is 85.7 cm³/mol. The molecule has 2 aromatic carbocycles. The van der Waals surface area contributed by atoms with Crippen molar-refractivity contribution in [1.82, 2.24) is 9.97 Å². The van der Waals surface area contributed by atoms with Crippen LogP contribution in [0, 0.1) is 0 Å². The average Bonchev–Trinajstić information content (AvgIpc) is 2.54.